The van der Waals surface area contributed by atoms with Gasteiger partial charge >= 0.3 is 5.97 Å². The summed E-state index contributed by atoms with van der Waals surface area (Å²) < 4.78 is 6.71. The van der Waals surface area contributed by atoms with Gasteiger partial charge in [0.15, 0.2) is 0 Å². The number of hydrogen-bond acceptors (Lipinski definition) is 4. The Labute approximate surface area is 113 Å². The predicted octanol–water partition coefficient (Wildman–Crippen LogP) is 1.07. The van der Waals surface area contributed by atoms with Crippen LogP contribution < -0.4 is 0 Å². The molecular formula is C13H21N3O3. The Morgan fingerprint density at radius 1 is 1.42 bits per heavy atom. The highest BCUT2D eigenvalue weighted by molar-refractivity contribution is 5.82. The zero-order valence-corrected chi connectivity index (χ0v) is 11.7. The van der Waals surface area contributed by atoms with Crippen LogP contribution in [0, 0.1) is 0 Å². The Morgan fingerprint density at radius 3 is 2.68 bits per heavy atom. The minimum Gasteiger partial charge on any atom is -0.465 e. The van der Waals surface area contributed by atoms with Crippen LogP contribution in [0.2, 0.25) is 0 Å². The van der Waals surface area contributed by atoms with Gasteiger partial charge in [-0.05, 0) is 20.8 Å². The third-order valence-corrected chi connectivity index (χ3v) is 2.69. The lowest BCUT2D eigenvalue weighted by Crippen LogP contribution is -2.41. The topological polar surface area (TPSA) is 64.4 Å². The second-order valence-electron chi connectivity index (χ2n) is 4.47. The normalized spacial score (nSPS) is 10.5. The van der Waals surface area contributed by atoms with Crippen molar-refractivity contribution in [1.29, 1.82) is 0 Å². The van der Waals surface area contributed by atoms with Crippen molar-refractivity contribution >= 4 is 11.9 Å². The van der Waals surface area contributed by atoms with Crippen LogP contribution in [0.4, 0.5) is 0 Å². The van der Waals surface area contributed by atoms with E-state index in [1.165, 1.54) is 4.90 Å². The number of nitrogens with zero attached hydrogens (tertiary/aromatic N) is 3. The van der Waals surface area contributed by atoms with E-state index >= 15 is 0 Å². The number of ether oxygens (including phenoxy) is 1. The van der Waals surface area contributed by atoms with E-state index in [9.17, 15) is 9.59 Å². The van der Waals surface area contributed by atoms with Gasteiger partial charge in [-0.2, -0.15) is 0 Å². The van der Waals surface area contributed by atoms with Crippen molar-refractivity contribution in [1.82, 2.24) is 14.5 Å². The molecule has 0 radical (unpaired) electrons. The molecule has 106 valence electrons. The number of hydrogen-bond donors (Lipinski definition) is 0. The highest BCUT2D eigenvalue weighted by atomic mass is 16.5. The maximum Gasteiger partial charge on any atom is 0.325 e. The van der Waals surface area contributed by atoms with Crippen LogP contribution in [-0.4, -0.2) is 45.5 Å². The summed E-state index contributed by atoms with van der Waals surface area (Å²) >= 11 is 0. The monoisotopic (exact) mass is 267 g/mol. The molecule has 0 aliphatic heterocycles. The second-order valence-corrected chi connectivity index (χ2v) is 4.47. The van der Waals surface area contributed by atoms with Gasteiger partial charge < -0.3 is 14.2 Å². The van der Waals surface area contributed by atoms with Crippen LogP contribution in [0.15, 0.2) is 18.7 Å². The molecular weight excluding hydrogens is 246 g/mol. The highest BCUT2D eigenvalue weighted by Crippen LogP contribution is 2.04. The molecule has 0 aromatic carbocycles. The maximum absolute atomic E-state index is 12.1. The number of carbonyl (C=O) groups excluding carboxylic acids is 2. The van der Waals surface area contributed by atoms with Gasteiger partial charge in [-0.1, -0.05) is 0 Å². The van der Waals surface area contributed by atoms with Gasteiger partial charge in [0.2, 0.25) is 5.91 Å². The summed E-state index contributed by atoms with van der Waals surface area (Å²) in [5.41, 5.74) is 0. The summed E-state index contributed by atoms with van der Waals surface area (Å²) in [5.74, 6) is -0.427. The van der Waals surface area contributed by atoms with Crippen LogP contribution in [-0.2, 0) is 20.9 Å². The van der Waals surface area contributed by atoms with Crippen LogP contribution >= 0.6 is 0 Å². The molecule has 1 aromatic heterocycles. The Kier molecular flexibility index (Phi) is 6.05. The van der Waals surface area contributed by atoms with Gasteiger partial charge in [-0.25, -0.2) is 4.98 Å². The highest BCUT2D eigenvalue weighted by Gasteiger charge is 2.20. The molecule has 1 aromatic rings. The number of imidazole rings is 1. The SMILES string of the molecule is CCOC(=O)CN(C(=O)CCn1ccnc1)C(C)C. The number of esters is 1. The average Bonchev–Trinajstić information content (AvgIpc) is 2.86. The van der Waals surface area contributed by atoms with E-state index in [-0.39, 0.29) is 24.5 Å². The zero-order chi connectivity index (χ0) is 14.3. The summed E-state index contributed by atoms with van der Waals surface area (Å²) in [7, 11) is 0. The van der Waals surface area contributed by atoms with Crippen LogP contribution in [0.5, 0.6) is 0 Å². The van der Waals surface area contributed by atoms with Gasteiger partial charge in [0, 0.05) is 31.4 Å². The second kappa shape index (κ2) is 7.56. The molecule has 1 rings (SSSR count). The first-order chi connectivity index (χ1) is 9.04. The molecule has 0 bridgehead atoms. The summed E-state index contributed by atoms with van der Waals surface area (Å²) in [6.07, 6.45) is 5.48. The minimum atomic E-state index is -0.368. The van der Waals surface area contributed by atoms with Crippen molar-refractivity contribution in [3.63, 3.8) is 0 Å². The van der Waals surface area contributed by atoms with Crippen molar-refractivity contribution < 1.29 is 14.3 Å². The minimum absolute atomic E-state index is 0.00820. The Morgan fingerprint density at radius 2 is 2.16 bits per heavy atom. The van der Waals surface area contributed by atoms with Gasteiger partial charge in [0.05, 0.1) is 12.9 Å². The lowest BCUT2D eigenvalue weighted by atomic mass is 10.2. The molecule has 19 heavy (non-hydrogen) atoms. The van der Waals surface area contributed by atoms with E-state index in [1.54, 1.807) is 25.6 Å². The van der Waals surface area contributed by atoms with Crippen molar-refractivity contribution in [2.24, 2.45) is 0 Å². The van der Waals surface area contributed by atoms with Gasteiger partial charge in [-0.3, -0.25) is 9.59 Å². The zero-order valence-electron chi connectivity index (χ0n) is 11.7. The van der Waals surface area contributed by atoms with E-state index in [2.05, 4.69) is 4.98 Å². The molecule has 1 amide bonds. The summed E-state index contributed by atoms with van der Waals surface area (Å²) in [6.45, 7) is 6.41. The number of amides is 1. The molecule has 0 spiro atoms. The summed E-state index contributed by atoms with van der Waals surface area (Å²) in [5, 5.41) is 0. The molecule has 6 nitrogen and oxygen atoms in total. The smallest absolute Gasteiger partial charge is 0.325 e. The largest absolute Gasteiger partial charge is 0.465 e. The number of carbonyl (C=O) groups is 2. The first-order valence-electron chi connectivity index (χ1n) is 6.45. The van der Waals surface area contributed by atoms with E-state index in [1.807, 2.05) is 18.4 Å². The van der Waals surface area contributed by atoms with E-state index in [0.29, 0.717) is 19.6 Å². The lowest BCUT2D eigenvalue weighted by Gasteiger charge is -2.25. The molecule has 0 aliphatic rings. The third kappa shape index (κ3) is 5.11. The lowest BCUT2D eigenvalue weighted by molar-refractivity contribution is -0.150. The molecule has 0 saturated heterocycles. The van der Waals surface area contributed by atoms with E-state index in [0.717, 1.165) is 0 Å². The van der Waals surface area contributed by atoms with Crippen molar-refractivity contribution in [3.05, 3.63) is 18.7 Å². The summed E-state index contributed by atoms with van der Waals surface area (Å²) in [4.78, 5) is 29.0. The van der Waals surface area contributed by atoms with Crippen LogP contribution in [0.3, 0.4) is 0 Å². The molecule has 6 heteroatoms. The molecule has 1 heterocycles. The van der Waals surface area contributed by atoms with Gasteiger partial charge in [-0.15, -0.1) is 0 Å². The van der Waals surface area contributed by atoms with E-state index < -0.39 is 0 Å². The molecule has 0 N–H and O–H groups in total. The third-order valence-electron chi connectivity index (χ3n) is 2.69. The Hall–Kier alpha value is -1.85. The standard InChI is InChI=1S/C13H21N3O3/c1-4-19-13(18)9-16(11(2)3)12(17)5-7-15-8-6-14-10-15/h6,8,10-11H,4-5,7,9H2,1-3H3. The first kappa shape index (κ1) is 15.2. The van der Waals surface area contributed by atoms with Crippen molar-refractivity contribution in [3.8, 4) is 0 Å². The van der Waals surface area contributed by atoms with Crippen LogP contribution in [0.1, 0.15) is 27.2 Å². The summed E-state index contributed by atoms with van der Waals surface area (Å²) in [6, 6.07) is -0.0281. The fourth-order valence-electron chi connectivity index (χ4n) is 1.69. The van der Waals surface area contributed by atoms with E-state index in [4.69, 9.17) is 4.74 Å². The number of rotatable bonds is 7. The fourth-order valence-corrected chi connectivity index (χ4v) is 1.69. The molecule has 0 aliphatic carbocycles. The van der Waals surface area contributed by atoms with Crippen molar-refractivity contribution in [2.75, 3.05) is 13.2 Å². The van der Waals surface area contributed by atoms with Crippen molar-refractivity contribution in [2.45, 2.75) is 39.8 Å². The van der Waals surface area contributed by atoms with Gasteiger partial charge in [0.1, 0.15) is 6.54 Å². The average molecular weight is 267 g/mol. The Balaban J connectivity index is 2.50. The molecule has 0 fully saturated rings. The predicted molar refractivity (Wildman–Crippen MR) is 70.3 cm³/mol. The molecule has 0 atom stereocenters. The Bertz CT molecular complexity index is 401. The molecule has 0 unspecified atom stereocenters. The maximum atomic E-state index is 12.1. The molecule has 0 saturated carbocycles. The first-order valence-corrected chi connectivity index (χ1v) is 6.45. The van der Waals surface area contributed by atoms with Crippen LogP contribution in [0.25, 0.3) is 0 Å². The number of aromatic nitrogens is 2. The van der Waals surface area contributed by atoms with Gasteiger partial charge in [0.25, 0.3) is 0 Å². The fraction of sp³-hybridized carbons (Fsp3) is 0.615. The number of aryl methyl sites for hydroxylation is 1. The quantitative estimate of drug-likeness (QED) is 0.693.